The average Bonchev–Trinajstić information content (AvgIpc) is 3.14. The highest BCUT2D eigenvalue weighted by molar-refractivity contribution is 6.03. The van der Waals surface area contributed by atoms with Gasteiger partial charge in [-0.1, -0.05) is 0 Å². The molecule has 1 saturated heterocycles. The maximum Gasteiger partial charge on any atom is 0.323 e. The van der Waals surface area contributed by atoms with E-state index in [4.69, 9.17) is 20.3 Å². The Morgan fingerprint density at radius 1 is 1.23 bits per heavy atom. The van der Waals surface area contributed by atoms with Gasteiger partial charge in [-0.15, -0.1) is 0 Å². The highest BCUT2D eigenvalue weighted by Crippen LogP contribution is 2.56. The zero-order chi connectivity index (χ0) is 16.9. The lowest BCUT2D eigenvalue weighted by Gasteiger charge is -2.22. The monoisotopic (exact) mass is 315 g/mol. The molecule has 1 aliphatic heterocycles. The molecule has 3 atom stereocenters. The van der Waals surface area contributed by atoms with Gasteiger partial charge in [0, 0.05) is 7.98 Å². The van der Waals surface area contributed by atoms with Gasteiger partial charge in [-0.3, -0.25) is 9.59 Å². The second kappa shape index (κ2) is 7.92. The first kappa shape index (κ1) is 15.7. The first-order chi connectivity index (χ1) is 11.1. The van der Waals surface area contributed by atoms with E-state index in [9.17, 15) is 9.59 Å². The minimum absolute atomic E-state index is 0.172. The predicted molar refractivity (Wildman–Crippen MR) is 78.0 cm³/mol. The second-order valence-electron chi connectivity index (χ2n) is 5.54. The summed E-state index contributed by atoms with van der Waals surface area (Å²) in [6.45, 7) is 4.75. The molecule has 2 aliphatic rings. The lowest BCUT2D eigenvalue weighted by Crippen LogP contribution is -2.32. The predicted octanol–water partition coefficient (Wildman–Crippen LogP) is 2.05. The molecule has 0 amide bonds. The van der Waals surface area contributed by atoms with Crippen molar-refractivity contribution in [3.63, 3.8) is 0 Å². The summed E-state index contributed by atoms with van der Waals surface area (Å²) in [7, 11) is 0. The molecule has 6 nitrogen and oxygen atoms in total. The van der Waals surface area contributed by atoms with Gasteiger partial charge in [-0.25, -0.2) is 0 Å². The van der Waals surface area contributed by atoms with Gasteiger partial charge < -0.3 is 18.9 Å². The van der Waals surface area contributed by atoms with Crippen molar-refractivity contribution in [2.24, 2.45) is 11.3 Å². The topological polar surface area (TPSA) is 71.1 Å². The molecule has 1 aliphatic carbocycles. The molecule has 0 N–H and O–H groups in total. The Bertz CT molecular complexity index is 403. The first-order valence-electron chi connectivity index (χ1n) is 8.66. The van der Waals surface area contributed by atoms with Crippen LogP contribution in [-0.4, -0.2) is 44.7 Å². The van der Waals surface area contributed by atoms with Crippen molar-refractivity contribution in [2.45, 2.75) is 52.2 Å². The molecule has 0 bridgehead atoms. The summed E-state index contributed by atoms with van der Waals surface area (Å²) in [6, 6.07) is 0. The normalized spacial score (nSPS) is 30.3. The fourth-order valence-electron chi connectivity index (χ4n) is 2.77. The minimum atomic E-state index is -1.48. The summed E-state index contributed by atoms with van der Waals surface area (Å²) in [5.74, 6) is -1.74. The van der Waals surface area contributed by atoms with Gasteiger partial charge >= 0.3 is 11.9 Å². The fraction of sp³-hybridized carbons (Fsp3) is 0.875. The van der Waals surface area contributed by atoms with Gasteiger partial charge in [-0.2, -0.15) is 0 Å². The number of ether oxygens (including phenoxy) is 4. The van der Waals surface area contributed by atoms with Crippen LogP contribution in [0.1, 0.15) is 47.3 Å². The molecular weight excluding hydrogens is 288 g/mol. The summed E-state index contributed by atoms with van der Waals surface area (Å²) in [4.78, 5) is 24.4. The average molecular weight is 315 g/mol. The Morgan fingerprint density at radius 2 is 1.91 bits per heavy atom. The molecule has 1 unspecified atom stereocenters. The van der Waals surface area contributed by atoms with E-state index in [0.717, 1.165) is 19.3 Å². The molecule has 0 spiro atoms. The standard InChI is InChI=1S/C16H26O6/c1-3-19-14(17)16(15(18)20-4-2)11-12(16)8-10-22-13-7-5-6-9-21-13/h12-13H,3-11H2,1-2H3/t12-,13?/m0/s1/i11D/t11-,12+,13?/m1. The summed E-state index contributed by atoms with van der Waals surface area (Å²) < 4.78 is 29.2. The largest absolute Gasteiger partial charge is 0.465 e. The molecule has 126 valence electrons. The van der Waals surface area contributed by atoms with E-state index in [2.05, 4.69) is 0 Å². The van der Waals surface area contributed by atoms with E-state index >= 15 is 0 Å². The van der Waals surface area contributed by atoms with Crippen molar-refractivity contribution in [3.05, 3.63) is 0 Å². The number of esters is 2. The van der Waals surface area contributed by atoms with Crippen molar-refractivity contribution in [1.29, 1.82) is 0 Å². The molecule has 6 heteroatoms. The number of hydrogen-bond acceptors (Lipinski definition) is 6. The van der Waals surface area contributed by atoms with Gasteiger partial charge in [0.15, 0.2) is 11.7 Å². The summed E-state index contributed by atoms with van der Waals surface area (Å²) in [6.07, 6.45) is 2.36. The van der Waals surface area contributed by atoms with Crippen LogP contribution < -0.4 is 0 Å². The van der Waals surface area contributed by atoms with Crippen molar-refractivity contribution in [2.75, 3.05) is 26.4 Å². The number of rotatable bonds is 8. The number of carbonyl (C=O) groups excluding carboxylic acids is 2. The Balaban J connectivity index is 1.91. The highest BCUT2D eigenvalue weighted by atomic mass is 16.7. The lowest BCUT2D eigenvalue weighted by atomic mass is 10.0. The van der Waals surface area contributed by atoms with E-state index in [1.165, 1.54) is 0 Å². The van der Waals surface area contributed by atoms with Crippen LogP contribution in [0.3, 0.4) is 0 Å². The van der Waals surface area contributed by atoms with E-state index in [-0.39, 0.29) is 19.5 Å². The van der Waals surface area contributed by atoms with Crippen molar-refractivity contribution in [1.82, 2.24) is 0 Å². The quantitative estimate of drug-likeness (QED) is 0.504. The Morgan fingerprint density at radius 3 is 2.45 bits per heavy atom. The molecule has 1 saturated carbocycles. The van der Waals surface area contributed by atoms with Crippen molar-refractivity contribution < 1.29 is 29.9 Å². The van der Waals surface area contributed by atoms with Gasteiger partial charge in [0.1, 0.15) is 0 Å². The minimum Gasteiger partial charge on any atom is -0.465 e. The molecule has 0 aromatic heterocycles. The summed E-state index contributed by atoms with van der Waals surface area (Å²) >= 11 is 0. The van der Waals surface area contributed by atoms with Crippen LogP contribution in [0, 0.1) is 11.3 Å². The molecular formula is C16H26O6. The maximum atomic E-state index is 12.2. The van der Waals surface area contributed by atoms with Crippen LogP contribution in [0.4, 0.5) is 0 Å². The third-order valence-corrected chi connectivity index (χ3v) is 4.04. The zero-order valence-corrected chi connectivity index (χ0v) is 13.3. The third kappa shape index (κ3) is 3.79. The fourth-order valence-corrected chi connectivity index (χ4v) is 2.77. The zero-order valence-electron chi connectivity index (χ0n) is 14.3. The Kier molecular flexibility index (Phi) is 5.67. The van der Waals surface area contributed by atoms with Crippen LogP contribution in [-0.2, 0) is 28.5 Å². The second-order valence-corrected chi connectivity index (χ2v) is 5.54. The third-order valence-electron chi connectivity index (χ3n) is 4.04. The summed E-state index contributed by atoms with van der Waals surface area (Å²) in [5, 5.41) is 0. The Labute approximate surface area is 132 Å². The van der Waals surface area contributed by atoms with Gasteiger partial charge in [0.25, 0.3) is 0 Å². The molecule has 0 radical (unpaired) electrons. The lowest BCUT2D eigenvalue weighted by molar-refractivity contribution is -0.167. The molecule has 22 heavy (non-hydrogen) atoms. The van der Waals surface area contributed by atoms with Crippen LogP contribution in [0.2, 0.25) is 0 Å². The van der Waals surface area contributed by atoms with Crippen LogP contribution in [0.15, 0.2) is 0 Å². The van der Waals surface area contributed by atoms with Crippen LogP contribution in [0.5, 0.6) is 0 Å². The van der Waals surface area contributed by atoms with Crippen molar-refractivity contribution in [3.8, 4) is 0 Å². The van der Waals surface area contributed by atoms with Crippen molar-refractivity contribution >= 4 is 11.9 Å². The molecule has 0 aromatic carbocycles. The van der Waals surface area contributed by atoms with E-state index < -0.39 is 29.7 Å². The van der Waals surface area contributed by atoms with E-state index in [1.54, 1.807) is 13.8 Å². The molecule has 0 aromatic rings. The SMILES string of the molecule is [2H][C@@H]1[C@H](CCOC2CCCCO2)C1(C(=O)OCC)C(=O)OCC. The molecule has 2 fully saturated rings. The highest BCUT2D eigenvalue weighted by Gasteiger charge is 2.67. The van der Waals surface area contributed by atoms with E-state index in [0.29, 0.717) is 19.6 Å². The molecule has 1 heterocycles. The number of hydrogen-bond donors (Lipinski definition) is 0. The van der Waals surface area contributed by atoms with E-state index in [1.807, 2.05) is 0 Å². The molecule has 2 rings (SSSR count). The van der Waals surface area contributed by atoms with Crippen LogP contribution in [0.25, 0.3) is 0 Å². The smallest absolute Gasteiger partial charge is 0.323 e. The maximum absolute atomic E-state index is 12.2. The van der Waals surface area contributed by atoms with Gasteiger partial charge in [0.05, 0.1) is 19.8 Å². The first-order valence-corrected chi connectivity index (χ1v) is 8.08. The number of carbonyl (C=O) groups is 2. The van der Waals surface area contributed by atoms with Crippen LogP contribution >= 0.6 is 0 Å². The van der Waals surface area contributed by atoms with Gasteiger partial charge in [-0.05, 0) is 51.8 Å². The summed E-state index contributed by atoms with van der Waals surface area (Å²) in [5.41, 5.74) is -1.48. The Hall–Kier alpha value is -1.14. The van der Waals surface area contributed by atoms with Gasteiger partial charge in [0.2, 0.25) is 0 Å².